The molecule has 21 heavy (non-hydrogen) atoms. The fourth-order valence-corrected chi connectivity index (χ4v) is 3.12. The molecular weight excluding hydrogens is 312 g/mol. The van der Waals surface area contributed by atoms with Gasteiger partial charge in [0, 0.05) is 36.6 Å². The number of hydrogen-bond acceptors (Lipinski definition) is 4. The Morgan fingerprint density at radius 3 is 2.52 bits per heavy atom. The van der Waals surface area contributed by atoms with Crippen molar-refractivity contribution in [3.8, 4) is 0 Å². The Morgan fingerprint density at radius 2 is 2.00 bits per heavy atom. The molecule has 1 unspecified atom stereocenters. The highest BCUT2D eigenvalue weighted by atomic mass is 35.5. The predicted octanol–water partition coefficient (Wildman–Crippen LogP) is 2.28. The average Bonchev–Trinajstić information content (AvgIpc) is 2.37. The normalized spacial score (nSPS) is 12.8. The van der Waals surface area contributed by atoms with E-state index in [1.807, 2.05) is 0 Å². The topological polar surface area (TPSA) is 66.5 Å². The van der Waals surface area contributed by atoms with Crippen LogP contribution in [0.25, 0.3) is 0 Å². The number of carbonyl (C=O) groups excluding carboxylic acids is 1. The first-order valence-electron chi connectivity index (χ1n) is 6.64. The van der Waals surface area contributed by atoms with Gasteiger partial charge in [-0.1, -0.05) is 18.5 Å². The number of nitrogens with one attached hydrogen (secondary N) is 1. The van der Waals surface area contributed by atoms with Gasteiger partial charge in [-0.05, 0) is 25.1 Å². The van der Waals surface area contributed by atoms with Crippen LogP contribution in [0.1, 0.15) is 24.2 Å². The Labute approximate surface area is 131 Å². The summed E-state index contributed by atoms with van der Waals surface area (Å²) in [4.78, 5) is 13.6. The number of sulfone groups is 1. The summed E-state index contributed by atoms with van der Waals surface area (Å²) in [6.45, 7) is 3.38. The van der Waals surface area contributed by atoms with Crippen molar-refractivity contribution >= 4 is 33.0 Å². The third-order valence-corrected chi connectivity index (χ3v) is 5.09. The molecule has 7 heteroatoms. The van der Waals surface area contributed by atoms with Crippen LogP contribution in [0.3, 0.4) is 0 Å². The molecule has 0 bridgehead atoms. The molecule has 0 aliphatic rings. The summed E-state index contributed by atoms with van der Waals surface area (Å²) in [5, 5.41) is 3.55. The molecule has 0 aromatic heterocycles. The first-order valence-corrected chi connectivity index (χ1v) is 8.84. The molecule has 0 radical (unpaired) electrons. The molecule has 1 atom stereocenters. The van der Waals surface area contributed by atoms with E-state index in [0.717, 1.165) is 0 Å². The second kappa shape index (κ2) is 7.13. The van der Waals surface area contributed by atoms with E-state index in [0.29, 0.717) is 16.3 Å². The number of benzene rings is 1. The maximum absolute atomic E-state index is 12.1. The van der Waals surface area contributed by atoms with E-state index in [-0.39, 0.29) is 23.5 Å². The van der Waals surface area contributed by atoms with Gasteiger partial charge in [0.2, 0.25) is 0 Å². The number of nitrogens with zero attached hydrogens (tertiary/aromatic N) is 1. The molecule has 1 rings (SSSR count). The van der Waals surface area contributed by atoms with Gasteiger partial charge < -0.3 is 10.2 Å². The molecule has 1 N–H and O–H groups in total. The Balaban J connectivity index is 3.01. The Morgan fingerprint density at radius 1 is 1.38 bits per heavy atom. The lowest BCUT2D eigenvalue weighted by atomic mass is 10.1. The van der Waals surface area contributed by atoms with Crippen LogP contribution in [0, 0.1) is 0 Å². The van der Waals surface area contributed by atoms with E-state index in [2.05, 4.69) is 5.32 Å². The van der Waals surface area contributed by atoms with E-state index < -0.39 is 9.84 Å². The first kappa shape index (κ1) is 17.8. The summed E-state index contributed by atoms with van der Waals surface area (Å²) in [5.74, 6) is -0.0661. The minimum absolute atomic E-state index is 0.00556. The Kier molecular flexibility index (Phi) is 6.04. The highest BCUT2D eigenvalue weighted by molar-refractivity contribution is 7.91. The van der Waals surface area contributed by atoms with E-state index in [1.54, 1.807) is 46.1 Å². The molecule has 0 aliphatic heterocycles. The molecule has 0 saturated carbocycles. The maximum Gasteiger partial charge on any atom is 0.255 e. The number of anilines is 1. The van der Waals surface area contributed by atoms with Crippen molar-refractivity contribution < 1.29 is 13.2 Å². The van der Waals surface area contributed by atoms with E-state index in [1.165, 1.54) is 4.90 Å². The molecule has 0 heterocycles. The summed E-state index contributed by atoms with van der Waals surface area (Å²) in [6, 6.07) is 4.58. The quantitative estimate of drug-likeness (QED) is 0.868. The lowest BCUT2D eigenvalue weighted by molar-refractivity contribution is 0.0828. The number of amides is 1. The van der Waals surface area contributed by atoms with Crippen molar-refractivity contribution in [2.75, 3.05) is 30.9 Å². The van der Waals surface area contributed by atoms with Crippen LogP contribution in [-0.4, -0.2) is 50.9 Å². The van der Waals surface area contributed by atoms with Crippen molar-refractivity contribution in [3.05, 3.63) is 28.8 Å². The molecule has 1 aromatic rings. The molecule has 1 aromatic carbocycles. The lowest BCUT2D eigenvalue weighted by Crippen LogP contribution is -2.29. The minimum atomic E-state index is -3.09. The monoisotopic (exact) mass is 332 g/mol. The number of carbonyl (C=O) groups is 1. The van der Waals surface area contributed by atoms with Gasteiger partial charge in [-0.25, -0.2) is 8.42 Å². The molecule has 0 spiro atoms. The fourth-order valence-electron chi connectivity index (χ4n) is 1.87. The van der Waals surface area contributed by atoms with Gasteiger partial charge in [0.1, 0.15) is 0 Å². The van der Waals surface area contributed by atoms with Crippen LogP contribution >= 0.6 is 11.6 Å². The zero-order valence-electron chi connectivity index (χ0n) is 12.7. The standard InChI is InChI=1S/C14H21ClN2O3S/c1-5-21(19,20)9-10(2)16-13-8-11(15)6-7-12(13)14(18)17(3)4/h6-8,10,16H,5,9H2,1-4H3. The molecule has 0 fully saturated rings. The number of hydrogen-bond donors (Lipinski definition) is 1. The SMILES string of the molecule is CCS(=O)(=O)CC(C)Nc1cc(Cl)ccc1C(=O)N(C)C. The Bertz CT molecular complexity index is 615. The van der Waals surface area contributed by atoms with Gasteiger partial charge in [-0.15, -0.1) is 0 Å². The van der Waals surface area contributed by atoms with Crippen LogP contribution in [0.2, 0.25) is 5.02 Å². The zero-order valence-corrected chi connectivity index (χ0v) is 14.3. The van der Waals surface area contributed by atoms with Gasteiger partial charge >= 0.3 is 0 Å². The van der Waals surface area contributed by atoms with Crippen LogP contribution < -0.4 is 5.32 Å². The summed E-state index contributed by atoms with van der Waals surface area (Å²) in [6.07, 6.45) is 0. The fraction of sp³-hybridized carbons (Fsp3) is 0.500. The highest BCUT2D eigenvalue weighted by Crippen LogP contribution is 2.23. The van der Waals surface area contributed by atoms with Gasteiger partial charge in [-0.2, -0.15) is 0 Å². The van der Waals surface area contributed by atoms with Crippen molar-refractivity contribution in [2.24, 2.45) is 0 Å². The second-order valence-corrected chi connectivity index (χ2v) is 7.97. The van der Waals surface area contributed by atoms with Crippen LogP contribution in [-0.2, 0) is 9.84 Å². The predicted molar refractivity (Wildman–Crippen MR) is 86.9 cm³/mol. The zero-order chi connectivity index (χ0) is 16.2. The molecule has 1 amide bonds. The number of rotatable bonds is 6. The summed E-state index contributed by atoms with van der Waals surface area (Å²) in [7, 11) is 0.228. The smallest absolute Gasteiger partial charge is 0.255 e. The number of halogens is 1. The third-order valence-electron chi connectivity index (χ3n) is 2.96. The van der Waals surface area contributed by atoms with Crippen molar-refractivity contribution in [1.29, 1.82) is 0 Å². The summed E-state index contributed by atoms with van der Waals surface area (Å²) >= 11 is 5.96. The third kappa shape index (κ3) is 5.21. The van der Waals surface area contributed by atoms with Gasteiger partial charge in [0.15, 0.2) is 9.84 Å². The molecule has 5 nitrogen and oxygen atoms in total. The largest absolute Gasteiger partial charge is 0.381 e. The van der Waals surface area contributed by atoms with Crippen LogP contribution in [0.15, 0.2) is 18.2 Å². The lowest BCUT2D eigenvalue weighted by Gasteiger charge is -2.19. The van der Waals surface area contributed by atoms with E-state index in [4.69, 9.17) is 11.6 Å². The second-order valence-electron chi connectivity index (χ2n) is 5.13. The van der Waals surface area contributed by atoms with Crippen molar-refractivity contribution in [3.63, 3.8) is 0 Å². The van der Waals surface area contributed by atoms with E-state index >= 15 is 0 Å². The highest BCUT2D eigenvalue weighted by Gasteiger charge is 2.18. The van der Waals surface area contributed by atoms with E-state index in [9.17, 15) is 13.2 Å². The van der Waals surface area contributed by atoms with Crippen molar-refractivity contribution in [2.45, 2.75) is 19.9 Å². The summed E-state index contributed by atoms with van der Waals surface area (Å²) < 4.78 is 23.3. The molecule has 0 aliphatic carbocycles. The van der Waals surface area contributed by atoms with Gasteiger partial charge in [0.25, 0.3) is 5.91 Å². The maximum atomic E-state index is 12.1. The van der Waals surface area contributed by atoms with Crippen molar-refractivity contribution in [1.82, 2.24) is 4.90 Å². The molecule has 118 valence electrons. The van der Waals surface area contributed by atoms with Crippen LogP contribution in [0.5, 0.6) is 0 Å². The Hall–Kier alpha value is -1.27. The molecule has 0 saturated heterocycles. The first-order chi connectivity index (χ1) is 9.66. The van der Waals surface area contributed by atoms with Crippen LogP contribution in [0.4, 0.5) is 5.69 Å². The average molecular weight is 333 g/mol. The minimum Gasteiger partial charge on any atom is -0.381 e. The van der Waals surface area contributed by atoms with Gasteiger partial charge in [0.05, 0.1) is 11.3 Å². The molecular formula is C14H21ClN2O3S. The van der Waals surface area contributed by atoms with Gasteiger partial charge in [-0.3, -0.25) is 4.79 Å². The summed E-state index contributed by atoms with van der Waals surface area (Å²) in [5.41, 5.74) is 1.00.